The van der Waals surface area contributed by atoms with E-state index < -0.39 is 5.97 Å². The Morgan fingerprint density at radius 1 is 1.38 bits per heavy atom. The van der Waals surface area contributed by atoms with Gasteiger partial charge in [-0.1, -0.05) is 0 Å². The number of carboxylic acids is 1. The standard InChI is InChI=1S/C10H7BrN2O3/c11-7-3-5(14)1-2-6(7)8-4-9(10(15)16)13-12-8/h1-4,14H,(H,12,13)(H,15,16). The molecule has 2 aromatic rings. The lowest BCUT2D eigenvalue weighted by atomic mass is 10.1. The second-order valence-corrected chi connectivity index (χ2v) is 3.99. The van der Waals surface area contributed by atoms with E-state index in [1.54, 1.807) is 6.07 Å². The summed E-state index contributed by atoms with van der Waals surface area (Å²) in [5.41, 5.74) is 1.24. The fourth-order valence-electron chi connectivity index (χ4n) is 1.28. The third kappa shape index (κ3) is 1.92. The second kappa shape index (κ2) is 3.97. The van der Waals surface area contributed by atoms with Crippen LogP contribution < -0.4 is 0 Å². The molecule has 0 bridgehead atoms. The number of halogens is 1. The number of nitrogens with one attached hydrogen (secondary N) is 1. The highest BCUT2D eigenvalue weighted by atomic mass is 79.9. The summed E-state index contributed by atoms with van der Waals surface area (Å²) in [6.45, 7) is 0. The van der Waals surface area contributed by atoms with Gasteiger partial charge in [0.05, 0.1) is 5.69 Å². The lowest BCUT2D eigenvalue weighted by Gasteiger charge is -2.00. The summed E-state index contributed by atoms with van der Waals surface area (Å²) < 4.78 is 0.649. The van der Waals surface area contributed by atoms with Crippen molar-refractivity contribution in [2.45, 2.75) is 0 Å². The minimum absolute atomic E-state index is 0.0231. The van der Waals surface area contributed by atoms with Crippen molar-refractivity contribution in [3.8, 4) is 17.0 Å². The van der Waals surface area contributed by atoms with E-state index in [9.17, 15) is 9.90 Å². The quantitative estimate of drug-likeness (QED) is 0.789. The molecule has 0 atom stereocenters. The fraction of sp³-hybridized carbons (Fsp3) is 0. The number of benzene rings is 1. The molecular weight excluding hydrogens is 276 g/mol. The van der Waals surface area contributed by atoms with E-state index in [1.165, 1.54) is 18.2 Å². The number of rotatable bonds is 2. The Morgan fingerprint density at radius 2 is 2.12 bits per heavy atom. The van der Waals surface area contributed by atoms with Gasteiger partial charge in [0.15, 0.2) is 0 Å². The fourth-order valence-corrected chi connectivity index (χ4v) is 1.85. The van der Waals surface area contributed by atoms with Gasteiger partial charge in [-0.3, -0.25) is 5.10 Å². The topological polar surface area (TPSA) is 86.2 Å². The molecule has 6 heteroatoms. The molecule has 0 unspecified atom stereocenters. The molecule has 0 radical (unpaired) electrons. The van der Waals surface area contributed by atoms with E-state index in [-0.39, 0.29) is 11.4 Å². The van der Waals surface area contributed by atoms with Crippen LogP contribution in [0.25, 0.3) is 11.3 Å². The van der Waals surface area contributed by atoms with Crippen molar-refractivity contribution >= 4 is 21.9 Å². The number of aromatic carboxylic acids is 1. The maximum atomic E-state index is 10.7. The molecule has 0 aliphatic rings. The predicted molar refractivity (Wildman–Crippen MR) is 60.3 cm³/mol. The Bertz CT molecular complexity index is 551. The van der Waals surface area contributed by atoms with Gasteiger partial charge in [0.1, 0.15) is 11.4 Å². The van der Waals surface area contributed by atoms with Crippen molar-refractivity contribution < 1.29 is 15.0 Å². The number of nitrogens with zero attached hydrogens (tertiary/aromatic N) is 1. The van der Waals surface area contributed by atoms with Crippen LogP contribution in [0.2, 0.25) is 0 Å². The van der Waals surface area contributed by atoms with Gasteiger partial charge in [0.2, 0.25) is 0 Å². The maximum absolute atomic E-state index is 10.7. The third-order valence-electron chi connectivity index (χ3n) is 2.04. The molecular formula is C10H7BrN2O3. The zero-order valence-electron chi connectivity index (χ0n) is 7.94. The molecule has 0 aliphatic carbocycles. The normalized spacial score (nSPS) is 10.3. The first kappa shape index (κ1) is 10.7. The summed E-state index contributed by atoms with van der Waals surface area (Å²) >= 11 is 3.27. The van der Waals surface area contributed by atoms with Gasteiger partial charge in [0.25, 0.3) is 0 Å². The van der Waals surface area contributed by atoms with Crippen molar-refractivity contribution in [1.82, 2.24) is 10.2 Å². The first-order chi connectivity index (χ1) is 7.58. The van der Waals surface area contributed by atoms with E-state index in [2.05, 4.69) is 26.1 Å². The van der Waals surface area contributed by atoms with Crippen molar-refractivity contribution in [2.24, 2.45) is 0 Å². The lowest BCUT2D eigenvalue weighted by molar-refractivity contribution is 0.0690. The summed E-state index contributed by atoms with van der Waals surface area (Å²) in [4.78, 5) is 10.7. The first-order valence-electron chi connectivity index (χ1n) is 4.35. The Labute approximate surface area is 98.9 Å². The molecule has 82 valence electrons. The van der Waals surface area contributed by atoms with Crippen LogP contribution in [0.1, 0.15) is 10.5 Å². The molecule has 5 nitrogen and oxygen atoms in total. The van der Waals surface area contributed by atoms with Crippen LogP contribution in [0.4, 0.5) is 0 Å². The van der Waals surface area contributed by atoms with Crippen LogP contribution >= 0.6 is 15.9 Å². The van der Waals surface area contributed by atoms with Crippen molar-refractivity contribution in [1.29, 1.82) is 0 Å². The van der Waals surface area contributed by atoms with E-state index >= 15 is 0 Å². The summed E-state index contributed by atoms with van der Waals surface area (Å²) in [5.74, 6) is -0.932. The number of carboxylic acid groups (broad SMARTS) is 1. The highest BCUT2D eigenvalue weighted by molar-refractivity contribution is 9.10. The summed E-state index contributed by atoms with van der Waals surface area (Å²) in [5, 5.41) is 24.3. The number of aromatic amines is 1. The zero-order valence-corrected chi connectivity index (χ0v) is 9.52. The van der Waals surface area contributed by atoms with Crippen LogP contribution in [-0.4, -0.2) is 26.4 Å². The monoisotopic (exact) mass is 282 g/mol. The molecule has 0 spiro atoms. The van der Waals surface area contributed by atoms with Gasteiger partial charge in [0, 0.05) is 10.0 Å². The van der Waals surface area contributed by atoms with Crippen molar-refractivity contribution in [3.63, 3.8) is 0 Å². The third-order valence-corrected chi connectivity index (χ3v) is 2.69. The molecule has 2 rings (SSSR count). The molecule has 0 saturated heterocycles. The lowest BCUT2D eigenvalue weighted by Crippen LogP contribution is -1.95. The van der Waals surface area contributed by atoms with Gasteiger partial charge >= 0.3 is 5.97 Å². The van der Waals surface area contributed by atoms with Gasteiger partial charge in [-0.05, 0) is 40.2 Å². The average Bonchev–Trinajstić information content (AvgIpc) is 2.66. The van der Waals surface area contributed by atoms with E-state index in [1.807, 2.05) is 0 Å². The Balaban J connectivity index is 2.46. The molecule has 16 heavy (non-hydrogen) atoms. The van der Waals surface area contributed by atoms with Gasteiger partial charge in [-0.15, -0.1) is 0 Å². The Kier molecular flexibility index (Phi) is 2.66. The number of hydrogen-bond acceptors (Lipinski definition) is 3. The Morgan fingerprint density at radius 3 is 2.69 bits per heavy atom. The van der Waals surface area contributed by atoms with Crippen LogP contribution in [0.15, 0.2) is 28.7 Å². The molecule has 0 amide bonds. The maximum Gasteiger partial charge on any atom is 0.353 e. The SMILES string of the molecule is O=C(O)c1cc(-c2ccc(O)cc2Br)n[nH]1. The summed E-state index contributed by atoms with van der Waals surface area (Å²) in [6.07, 6.45) is 0. The van der Waals surface area contributed by atoms with E-state index in [0.717, 1.165) is 0 Å². The smallest absolute Gasteiger partial charge is 0.353 e. The predicted octanol–water partition coefficient (Wildman–Crippen LogP) is 2.24. The van der Waals surface area contributed by atoms with E-state index in [0.29, 0.717) is 15.7 Å². The molecule has 0 saturated carbocycles. The minimum atomic E-state index is -1.06. The van der Waals surface area contributed by atoms with Crippen LogP contribution in [0.3, 0.4) is 0 Å². The van der Waals surface area contributed by atoms with Crippen LogP contribution in [0, 0.1) is 0 Å². The Hall–Kier alpha value is -1.82. The van der Waals surface area contributed by atoms with Gasteiger partial charge in [-0.25, -0.2) is 4.79 Å². The van der Waals surface area contributed by atoms with Crippen molar-refractivity contribution in [3.05, 3.63) is 34.4 Å². The molecule has 0 aliphatic heterocycles. The molecule has 1 aromatic heterocycles. The summed E-state index contributed by atoms with van der Waals surface area (Å²) in [6, 6.07) is 6.11. The van der Waals surface area contributed by atoms with Crippen LogP contribution in [0.5, 0.6) is 5.75 Å². The van der Waals surface area contributed by atoms with Crippen LogP contribution in [-0.2, 0) is 0 Å². The zero-order chi connectivity index (χ0) is 11.7. The average molecular weight is 283 g/mol. The molecule has 0 fully saturated rings. The number of phenols is 1. The minimum Gasteiger partial charge on any atom is -0.508 e. The largest absolute Gasteiger partial charge is 0.508 e. The second-order valence-electron chi connectivity index (χ2n) is 3.14. The highest BCUT2D eigenvalue weighted by Crippen LogP contribution is 2.30. The number of hydrogen-bond donors (Lipinski definition) is 3. The first-order valence-corrected chi connectivity index (χ1v) is 5.15. The number of phenolic OH excluding ortho intramolecular Hbond substituents is 1. The molecule has 1 heterocycles. The number of aromatic nitrogens is 2. The molecule has 3 N–H and O–H groups in total. The molecule has 1 aromatic carbocycles. The summed E-state index contributed by atoms with van der Waals surface area (Å²) in [7, 11) is 0. The number of carbonyl (C=O) groups is 1. The van der Waals surface area contributed by atoms with E-state index in [4.69, 9.17) is 5.11 Å². The number of H-pyrrole nitrogens is 1. The van der Waals surface area contributed by atoms with Crippen molar-refractivity contribution in [2.75, 3.05) is 0 Å². The van der Waals surface area contributed by atoms with Gasteiger partial charge < -0.3 is 10.2 Å². The number of aromatic hydroxyl groups is 1. The highest BCUT2D eigenvalue weighted by Gasteiger charge is 2.11. The van der Waals surface area contributed by atoms with Gasteiger partial charge in [-0.2, -0.15) is 5.10 Å².